The number of azide groups is 1. The summed E-state index contributed by atoms with van der Waals surface area (Å²) >= 11 is 0. The van der Waals surface area contributed by atoms with Gasteiger partial charge in [0.15, 0.2) is 0 Å². The Labute approximate surface area is 120 Å². The summed E-state index contributed by atoms with van der Waals surface area (Å²) < 4.78 is 0. The summed E-state index contributed by atoms with van der Waals surface area (Å²) in [7, 11) is 0. The Morgan fingerprint density at radius 3 is 2.85 bits per heavy atom. The van der Waals surface area contributed by atoms with E-state index in [0.29, 0.717) is 0 Å². The Kier molecular flexibility index (Phi) is 4.24. The zero-order valence-corrected chi connectivity index (χ0v) is 12.0. The fourth-order valence-corrected chi connectivity index (χ4v) is 3.50. The molecule has 0 N–H and O–H groups in total. The molecule has 0 spiro atoms. The van der Waals surface area contributed by atoms with Gasteiger partial charge in [-0.15, -0.1) is 0 Å². The van der Waals surface area contributed by atoms with Crippen LogP contribution in [0.2, 0.25) is 0 Å². The summed E-state index contributed by atoms with van der Waals surface area (Å²) in [6.07, 6.45) is 7.30. The molecule has 1 saturated heterocycles. The van der Waals surface area contributed by atoms with Gasteiger partial charge in [-0.05, 0) is 67.4 Å². The first-order valence-corrected chi connectivity index (χ1v) is 7.75. The number of rotatable bonds is 3. The fraction of sp³-hybridized carbons (Fsp3) is 0.625. The molecule has 0 unspecified atom stereocenters. The largest absolute Gasteiger partial charge is 0.299 e. The van der Waals surface area contributed by atoms with Gasteiger partial charge >= 0.3 is 0 Å². The lowest BCUT2D eigenvalue weighted by Gasteiger charge is -2.28. The van der Waals surface area contributed by atoms with Gasteiger partial charge in [-0.2, -0.15) is 0 Å². The second-order valence-electron chi connectivity index (χ2n) is 5.98. The minimum absolute atomic E-state index is 0.0489. The lowest BCUT2D eigenvalue weighted by Crippen LogP contribution is -2.29. The second kappa shape index (κ2) is 6.29. The standard InChI is InChI=1S/C16H22N4/c17-19-18-16-6-4-5-14-11-13(7-8-15(14)16)12-20-9-2-1-3-10-20/h7-8,11,16H,1-6,9-10,12H2/t16-/m1/s1. The molecule has 2 aliphatic rings. The van der Waals surface area contributed by atoms with Crippen LogP contribution in [0.4, 0.5) is 0 Å². The van der Waals surface area contributed by atoms with Crippen molar-refractivity contribution < 1.29 is 0 Å². The van der Waals surface area contributed by atoms with Crippen LogP contribution in [0.15, 0.2) is 23.3 Å². The summed E-state index contributed by atoms with van der Waals surface area (Å²) in [5, 5.41) is 3.94. The highest BCUT2D eigenvalue weighted by atomic mass is 15.1. The maximum Gasteiger partial charge on any atom is 0.0628 e. The first kappa shape index (κ1) is 13.5. The number of likely N-dealkylation sites (tertiary alicyclic amines) is 1. The maximum atomic E-state index is 8.67. The van der Waals surface area contributed by atoms with Crippen molar-refractivity contribution >= 4 is 0 Å². The molecule has 1 fully saturated rings. The topological polar surface area (TPSA) is 52.0 Å². The van der Waals surface area contributed by atoms with E-state index in [0.717, 1.165) is 25.8 Å². The van der Waals surface area contributed by atoms with Gasteiger partial charge < -0.3 is 0 Å². The first-order chi connectivity index (χ1) is 9.86. The Morgan fingerprint density at radius 1 is 1.20 bits per heavy atom. The fourth-order valence-electron chi connectivity index (χ4n) is 3.50. The summed E-state index contributed by atoms with van der Waals surface area (Å²) in [5.41, 5.74) is 12.7. The first-order valence-electron chi connectivity index (χ1n) is 7.75. The Balaban J connectivity index is 1.76. The van der Waals surface area contributed by atoms with Crippen molar-refractivity contribution in [1.82, 2.24) is 4.90 Å². The number of aryl methyl sites for hydroxylation is 1. The van der Waals surface area contributed by atoms with E-state index in [2.05, 4.69) is 33.1 Å². The molecule has 0 radical (unpaired) electrons. The van der Waals surface area contributed by atoms with Crippen molar-refractivity contribution in [3.8, 4) is 0 Å². The smallest absolute Gasteiger partial charge is 0.0628 e. The van der Waals surface area contributed by atoms with E-state index >= 15 is 0 Å². The molecule has 4 heteroatoms. The van der Waals surface area contributed by atoms with Gasteiger partial charge in [0.2, 0.25) is 0 Å². The minimum atomic E-state index is 0.0489. The predicted octanol–water partition coefficient (Wildman–Crippen LogP) is 4.36. The Morgan fingerprint density at radius 2 is 2.05 bits per heavy atom. The van der Waals surface area contributed by atoms with E-state index in [1.165, 1.54) is 49.0 Å². The van der Waals surface area contributed by atoms with Crippen molar-refractivity contribution in [1.29, 1.82) is 0 Å². The molecule has 20 heavy (non-hydrogen) atoms. The second-order valence-corrected chi connectivity index (χ2v) is 5.98. The molecule has 0 amide bonds. The average molecular weight is 270 g/mol. The van der Waals surface area contributed by atoms with Gasteiger partial charge in [0, 0.05) is 11.5 Å². The molecule has 1 atom stereocenters. The van der Waals surface area contributed by atoms with Gasteiger partial charge in [-0.3, -0.25) is 4.90 Å². The van der Waals surface area contributed by atoms with Crippen LogP contribution in [-0.4, -0.2) is 18.0 Å². The Hall–Kier alpha value is -1.51. The number of hydrogen-bond donors (Lipinski definition) is 0. The third-order valence-corrected chi connectivity index (χ3v) is 4.54. The lowest BCUT2D eigenvalue weighted by molar-refractivity contribution is 0.221. The van der Waals surface area contributed by atoms with Crippen LogP contribution < -0.4 is 0 Å². The van der Waals surface area contributed by atoms with Gasteiger partial charge in [-0.1, -0.05) is 29.7 Å². The van der Waals surface area contributed by atoms with Crippen LogP contribution in [0, 0.1) is 0 Å². The van der Waals surface area contributed by atoms with Crippen LogP contribution in [0.5, 0.6) is 0 Å². The highest BCUT2D eigenvalue weighted by Gasteiger charge is 2.19. The maximum absolute atomic E-state index is 8.67. The van der Waals surface area contributed by atoms with Crippen molar-refractivity contribution in [3.63, 3.8) is 0 Å². The lowest BCUT2D eigenvalue weighted by atomic mass is 9.87. The number of fused-ring (bicyclic) bond motifs is 1. The van der Waals surface area contributed by atoms with Crippen molar-refractivity contribution in [3.05, 3.63) is 45.3 Å². The predicted molar refractivity (Wildman–Crippen MR) is 80.4 cm³/mol. The van der Waals surface area contributed by atoms with Gasteiger partial charge in [0.25, 0.3) is 0 Å². The van der Waals surface area contributed by atoms with E-state index in [9.17, 15) is 0 Å². The number of hydrogen-bond acceptors (Lipinski definition) is 2. The van der Waals surface area contributed by atoms with Crippen LogP contribution >= 0.6 is 0 Å². The number of benzene rings is 1. The van der Waals surface area contributed by atoms with Crippen molar-refractivity contribution in [2.45, 2.75) is 51.1 Å². The molecular formula is C16H22N4. The molecular weight excluding hydrogens is 248 g/mol. The summed E-state index contributed by atoms with van der Waals surface area (Å²) in [6.45, 7) is 3.54. The van der Waals surface area contributed by atoms with Crippen LogP contribution in [0.3, 0.4) is 0 Å². The van der Waals surface area contributed by atoms with Gasteiger partial charge in [-0.25, -0.2) is 0 Å². The number of nitrogens with zero attached hydrogens (tertiary/aromatic N) is 4. The molecule has 0 saturated carbocycles. The summed E-state index contributed by atoms with van der Waals surface area (Å²) in [5.74, 6) is 0. The molecule has 1 aromatic rings. The minimum Gasteiger partial charge on any atom is -0.299 e. The zero-order valence-electron chi connectivity index (χ0n) is 12.0. The van der Waals surface area contributed by atoms with Crippen LogP contribution in [0.25, 0.3) is 10.4 Å². The van der Waals surface area contributed by atoms with Crippen molar-refractivity contribution in [2.75, 3.05) is 13.1 Å². The van der Waals surface area contributed by atoms with E-state index in [1.54, 1.807) is 0 Å². The zero-order chi connectivity index (χ0) is 13.8. The molecule has 0 bridgehead atoms. The normalized spacial score (nSPS) is 22.9. The van der Waals surface area contributed by atoms with E-state index in [4.69, 9.17) is 5.53 Å². The highest BCUT2D eigenvalue weighted by Crippen LogP contribution is 2.33. The third kappa shape index (κ3) is 2.97. The molecule has 106 valence electrons. The van der Waals surface area contributed by atoms with Crippen LogP contribution in [-0.2, 0) is 13.0 Å². The van der Waals surface area contributed by atoms with Gasteiger partial charge in [0.1, 0.15) is 0 Å². The quantitative estimate of drug-likeness (QED) is 0.457. The van der Waals surface area contributed by atoms with Crippen LogP contribution in [0.1, 0.15) is 54.8 Å². The molecule has 1 aromatic carbocycles. The molecule has 1 aliphatic carbocycles. The third-order valence-electron chi connectivity index (χ3n) is 4.54. The van der Waals surface area contributed by atoms with E-state index in [1.807, 2.05) is 0 Å². The molecule has 1 aliphatic heterocycles. The SMILES string of the molecule is [N-]=[N+]=N[C@@H]1CCCc2cc(CN3CCCCC3)ccc21. The Bertz CT molecular complexity index is 513. The molecule has 4 nitrogen and oxygen atoms in total. The average Bonchev–Trinajstić information content (AvgIpc) is 2.49. The summed E-state index contributed by atoms with van der Waals surface area (Å²) in [4.78, 5) is 5.55. The summed E-state index contributed by atoms with van der Waals surface area (Å²) in [6, 6.07) is 6.79. The van der Waals surface area contributed by atoms with E-state index < -0.39 is 0 Å². The molecule has 0 aromatic heterocycles. The highest BCUT2D eigenvalue weighted by molar-refractivity contribution is 5.36. The monoisotopic (exact) mass is 270 g/mol. The van der Waals surface area contributed by atoms with Crippen molar-refractivity contribution in [2.24, 2.45) is 5.11 Å². The van der Waals surface area contributed by atoms with Gasteiger partial charge in [0.05, 0.1) is 6.04 Å². The molecule has 1 heterocycles. The molecule has 3 rings (SSSR count). The van der Waals surface area contributed by atoms with E-state index in [-0.39, 0.29) is 6.04 Å². The number of piperidine rings is 1.